The normalized spacial score (nSPS) is 13.1. The molecule has 3 N–H and O–H groups in total. The lowest BCUT2D eigenvalue weighted by Crippen LogP contribution is -2.14. The number of hydrogen-bond donors (Lipinski definition) is 2. The maximum atomic E-state index is 13.5. The lowest BCUT2D eigenvalue weighted by molar-refractivity contribution is 0.590. The highest BCUT2D eigenvalue weighted by Gasteiger charge is 2.36. The number of aromatic amines is 1. The van der Waals surface area contributed by atoms with Gasteiger partial charge in [0.1, 0.15) is 16.1 Å². The number of pyridine rings is 1. The van der Waals surface area contributed by atoms with Gasteiger partial charge in [0.15, 0.2) is 15.0 Å². The minimum atomic E-state index is -3.85. The van der Waals surface area contributed by atoms with E-state index in [4.69, 9.17) is 28.9 Å². The molecule has 0 saturated carbocycles. The van der Waals surface area contributed by atoms with Crippen molar-refractivity contribution in [1.82, 2.24) is 15.0 Å². The van der Waals surface area contributed by atoms with Crippen molar-refractivity contribution in [1.29, 1.82) is 0 Å². The Labute approximate surface area is 168 Å². The monoisotopic (exact) mass is 438 g/mol. The first-order valence-corrected chi connectivity index (χ1v) is 10.8. The van der Waals surface area contributed by atoms with E-state index in [0.29, 0.717) is 26.5 Å². The summed E-state index contributed by atoms with van der Waals surface area (Å²) in [5.74, 6) is 0. The molecule has 138 valence electrons. The molecule has 0 fully saturated rings. The maximum Gasteiger partial charge on any atom is 0.190 e. The summed E-state index contributed by atoms with van der Waals surface area (Å²) >= 11 is 13.4. The standard InChI is InChI=1S/C17H12Cl2N4O2S2/c18-9-6-11-12(8-22-16(11)21-7-9)14(13-15(19)23-17(20)26-13)27(24,25)10-4-2-1-3-5-10/h1-8,14H,(H2,20,23)(H,21,22). The van der Waals surface area contributed by atoms with E-state index in [1.807, 2.05) is 0 Å². The second-order valence-corrected chi connectivity index (χ2v) is 9.63. The SMILES string of the molecule is Nc1nc(Cl)c(C(c2c[nH]c3ncc(Cl)cc23)S(=O)(=O)c2ccccc2)s1. The van der Waals surface area contributed by atoms with E-state index in [1.54, 1.807) is 42.6 Å². The van der Waals surface area contributed by atoms with Crippen molar-refractivity contribution in [2.75, 3.05) is 5.73 Å². The second-order valence-electron chi connectivity index (χ2n) is 5.74. The van der Waals surface area contributed by atoms with Crippen molar-refractivity contribution >= 4 is 60.5 Å². The maximum absolute atomic E-state index is 13.5. The van der Waals surface area contributed by atoms with Crippen LogP contribution in [-0.4, -0.2) is 23.4 Å². The minimum absolute atomic E-state index is 0.0614. The lowest BCUT2D eigenvalue weighted by Gasteiger charge is -2.16. The van der Waals surface area contributed by atoms with Crippen molar-refractivity contribution in [3.63, 3.8) is 0 Å². The number of nitrogens with zero attached hydrogens (tertiary/aromatic N) is 2. The fraction of sp³-hybridized carbons (Fsp3) is 0.0588. The number of nitrogen functional groups attached to an aromatic ring is 1. The van der Waals surface area contributed by atoms with Gasteiger partial charge in [-0.05, 0) is 18.2 Å². The smallest absolute Gasteiger partial charge is 0.190 e. The number of halogens is 2. The lowest BCUT2D eigenvalue weighted by atomic mass is 10.1. The van der Waals surface area contributed by atoms with E-state index in [2.05, 4.69) is 15.0 Å². The largest absolute Gasteiger partial charge is 0.375 e. The van der Waals surface area contributed by atoms with Gasteiger partial charge in [-0.3, -0.25) is 0 Å². The first kappa shape index (κ1) is 18.2. The average molecular weight is 439 g/mol. The summed E-state index contributed by atoms with van der Waals surface area (Å²) in [7, 11) is -3.85. The van der Waals surface area contributed by atoms with Gasteiger partial charge in [-0.15, -0.1) is 0 Å². The van der Waals surface area contributed by atoms with Crippen LogP contribution in [0.25, 0.3) is 11.0 Å². The van der Waals surface area contributed by atoms with E-state index in [0.717, 1.165) is 11.3 Å². The highest BCUT2D eigenvalue weighted by molar-refractivity contribution is 7.92. The Morgan fingerprint density at radius 1 is 1.19 bits per heavy atom. The van der Waals surface area contributed by atoms with Crippen molar-refractivity contribution in [3.8, 4) is 0 Å². The summed E-state index contributed by atoms with van der Waals surface area (Å²) in [6.45, 7) is 0. The molecule has 0 aliphatic carbocycles. The van der Waals surface area contributed by atoms with Gasteiger partial charge in [0.05, 0.1) is 14.8 Å². The van der Waals surface area contributed by atoms with Crippen molar-refractivity contribution in [3.05, 3.63) is 69.4 Å². The van der Waals surface area contributed by atoms with E-state index in [-0.39, 0.29) is 15.2 Å². The van der Waals surface area contributed by atoms with Gasteiger partial charge in [-0.25, -0.2) is 18.4 Å². The van der Waals surface area contributed by atoms with Crippen molar-refractivity contribution in [2.24, 2.45) is 0 Å². The number of anilines is 1. The molecule has 3 aromatic heterocycles. The van der Waals surface area contributed by atoms with Crippen LogP contribution in [0, 0.1) is 0 Å². The van der Waals surface area contributed by atoms with Crippen LogP contribution >= 0.6 is 34.5 Å². The number of aromatic nitrogens is 3. The molecule has 10 heteroatoms. The fourth-order valence-electron chi connectivity index (χ4n) is 2.90. The predicted octanol–water partition coefficient (Wildman–Crippen LogP) is 4.47. The van der Waals surface area contributed by atoms with Gasteiger partial charge in [0.25, 0.3) is 0 Å². The first-order chi connectivity index (χ1) is 12.9. The summed E-state index contributed by atoms with van der Waals surface area (Å²) in [4.78, 5) is 11.7. The molecular formula is C17H12Cl2N4O2S2. The van der Waals surface area contributed by atoms with E-state index in [9.17, 15) is 8.42 Å². The third kappa shape index (κ3) is 3.19. The Morgan fingerprint density at radius 2 is 1.93 bits per heavy atom. The molecule has 3 heterocycles. The van der Waals surface area contributed by atoms with E-state index in [1.165, 1.54) is 6.20 Å². The summed E-state index contributed by atoms with van der Waals surface area (Å²) in [6, 6.07) is 9.84. The molecule has 4 rings (SSSR count). The molecule has 0 saturated heterocycles. The Bertz CT molecular complexity index is 1240. The molecule has 1 aromatic carbocycles. The van der Waals surface area contributed by atoms with Gasteiger partial charge in [0.2, 0.25) is 0 Å². The number of rotatable bonds is 4. The Morgan fingerprint density at radius 3 is 2.59 bits per heavy atom. The van der Waals surface area contributed by atoms with Crippen molar-refractivity contribution < 1.29 is 8.42 Å². The van der Waals surface area contributed by atoms with Crippen molar-refractivity contribution in [2.45, 2.75) is 10.1 Å². The Balaban J connectivity index is 2.02. The molecular weight excluding hydrogens is 427 g/mol. The van der Waals surface area contributed by atoms with Gasteiger partial charge in [-0.2, -0.15) is 0 Å². The summed E-state index contributed by atoms with van der Waals surface area (Å²) in [5, 5.41) is 0.144. The van der Waals surface area contributed by atoms with E-state index < -0.39 is 15.1 Å². The van der Waals surface area contributed by atoms with E-state index >= 15 is 0 Å². The molecule has 0 aliphatic rings. The number of nitrogens with one attached hydrogen (secondary N) is 1. The summed E-state index contributed by atoms with van der Waals surface area (Å²) < 4.78 is 27.1. The molecule has 1 unspecified atom stereocenters. The molecule has 4 aromatic rings. The Hall–Kier alpha value is -2.13. The van der Waals surface area contributed by atoms with Crippen LogP contribution in [-0.2, 0) is 9.84 Å². The zero-order valence-corrected chi connectivity index (χ0v) is 16.7. The highest BCUT2D eigenvalue weighted by atomic mass is 35.5. The van der Waals surface area contributed by atoms with Gasteiger partial charge in [-0.1, -0.05) is 52.7 Å². The van der Waals surface area contributed by atoms with Crippen LogP contribution in [0.5, 0.6) is 0 Å². The fourth-order valence-corrected chi connectivity index (χ4v) is 6.47. The molecule has 0 radical (unpaired) electrons. The number of hydrogen-bond acceptors (Lipinski definition) is 6. The van der Waals surface area contributed by atoms with Crippen LogP contribution in [0.3, 0.4) is 0 Å². The second kappa shape index (κ2) is 6.79. The van der Waals surface area contributed by atoms with Gasteiger partial charge >= 0.3 is 0 Å². The zero-order chi connectivity index (χ0) is 19.2. The topological polar surface area (TPSA) is 102 Å². The number of thiazole rings is 1. The predicted molar refractivity (Wildman–Crippen MR) is 108 cm³/mol. The van der Waals surface area contributed by atoms with Gasteiger partial charge < -0.3 is 10.7 Å². The molecule has 0 amide bonds. The molecule has 0 bridgehead atoms. The third-order valence-electron chi connectivity index (χ3n) is 4.06. The quantitative estimate of drug-likeness (QED) is 0.489. The van der Waals surface area contributed by atoms with Gasteiger partial charge in [0, 0.05) is 23.3 Å². The third-order valence-corrected chi connectivity index (χ3v) is 7.80. The zero-order valence-electron chi connectivity index (χ0n) is 13.6. The van der Waals surface area contributed by atoms with Crippen LogP contribution in [0.15, 0.2) is 53.7 Å². The number of nitrogens with two attached hydrogens (primary N) is 1. The number of H-pyrrole nitrogens is 1. The molecule has 0 aliphatic heterocycles. The first-order valence-electron chi connectivity index (χ1n) is 7.71. The summed E-state index contributed by atoms with van der Waals surface area (Å²) in [6.07, 6.45) is 3.09. The molecule has 6 nitrogen and oxygen atoms in total. The molecule has 0 spiro atoms. The van der Waals surface area contributed by atoms with Crippen LogP contribution in [0.2, 0.25) is 10.2 Å². The minimum Gasteiger partial charge on any atom is -0.375 e. The molecule has 1 atom stereocenters. The molecule has 27 heavy (non-hydrogen) atoms. The Kier molecular flexibility index (Phi) is 4.59. The number of fused-ring (bicyclic) bond motifs is 1. The average Bonchev–Trinajstić information content (AvgIpc) is 3.19. The summed E-state index contributed by atoms with van der Waals surface area (Å²) in [5.41, 5.74) is 6.78. The van der Waals surface area contributed by atoms with Crippen LogP contribution in [0.1, 0.15) is 15.7 Å². The highest BCUT2D eigenvalue weighted by Crippen LogP contribution is 2.44. The number of benzene rings is 1. The number of sulfone groups is 1. The van der Waals surface area contributed by atoms with Crippen LogP contribution in [0.4, 0.5) is 5.13 Å². The van der Waals surface area contributed by atoms with Crippen LogP contribution < -0.4 is 5.73 Å².